The van der Waals surface area contributed by atoms with Crippen LogP contribution in [-0.2, 0) is 4.74 Å². The number of nitrogens with one attached hydrogen (secondary N) is 1. The molecule has 0 aliphatic heterocycles. The van der Waals surface area contributed by atoms with Crippen LogP contribution >= 0.6 is 0 Å². The molecule has 2 unspecified atom stereocenters. The summed E-state index contributed by atoms with van der Waals surface area (Å²) < 4.78 is 11.1. The van der Waals surface area contributed by atoms with Crippen LogP contribution in [0.4, 0.5) is 0 Å². The molecule has 3 nitrogen and oxygen atoms in total. The maximum atomic E-state index is 5.85. The van der Waals surface area contributed by atoms with Gasteiger partial charge in [0.15, 0.2) is 0 Å². The minimum Gasteiger partial charge on any atom is -0.491 e. The van der Waals surface area contributed by atoms with Crippen molar-refractivity contribution in [2.75, 3.05) is 20.3 Å². The molecular weight excluding hydrogens is 226 g/mol. The van der Waals surface area contributed by atoms with Crippen LogP contribution in [0, 0.1) is 6.92 Å². The molecule has 0 heterocycles. The van der Waals surface area contributed by atoms with Crippen LogP contribution in [0.15, 0.2) is 18.2 Å². The Hall–Kier alpha value is -1.06. The first-order valence-electron chi connectivity index (χ1n) is 6.58. The normalized spacial score (nSPS) is 14.3. The second kappa shape index (κ2) is 7.39. The minimum atomic E-state index is 0.105. The average molecular weight is 251 g/mol. The fraction of sp³-hybridized carbons (Fsp3) is 0.600. The molecule has 0 spiro atoms. The molecule has 0 bridgehead atoms. The van der Waals surface area contributed by atoms with Gasteiger partial charge in [-0.15, -0.1) is 0 Å². The van der Waals surface area contributed by atoms with Crippen molar-refractivity contribution in [3.05, 3.63) is 29.3 Å². The molecule has 0 amide bonds. The lowest BCUT2D eigenvalue weighted by molar-refractivity contribution is 0.0711. The molecule has 2 atom stereocenters. The fourth-order valence-electron chi connectivity index (χ4n) is 1.83. The Morgan fingerprint density at radius 1 is 1.28 bits per heavy atom. The van der Waals surface area contributed by atoms with Gasteiger partial charge in [-0.3, -0.25) is 0 Å². The van der Waals surface area contributed by atoms with Crippen LogP contribution in [0.2, 0.25) is 0 Å². The average Bonchev–Trinajstić information content (AvgIpc) is 2.37. The number of rotatable bonds is 7. The van der Waals surface area contributed by atoms with Gasteiger partial charge in [0.05, 0.1) is 6.10 Å². The molecule has 1 aromatic rings. The van der Waals surface area contributed by atoms with Crippen molar-refractivity contribution in [3.63, 3.8) is 0 Å². The number of benzene rings is 1. The molecule has 0 saturated carbocycles. The Morgan fingerprint density at radius 2 is 2.00 bits per heavy atom. The van der Waals surface area contributed by atoms with Gasteiger partial charge in [0.1, 0.15) is 12.4 Å². The van der Waals surface area contributed by atoms with E-state index in [2.05, 4.69) is 38.2 Å². The summed E-state index contributed by atoms with van der Waals surface area (Å²) in [6, 6.07) is 6.60. The highest BCUT2D eigenvalue weighted by molar-refractivity contribution is 5.39. The minimum absolute atomic E-state index is 0.105. The molecule has 0 radical (unpaired) electrons. The molecule has 18 heavy (non-hydrogen) atoms. The Labute approximate surface area is 110 Å². The number of aryl methyl sites for hydroxylation is 1. The second-order valence-electron chi connectivity index (χ2n) is 4.68. The zero-order valence-corrected chi connectivity index (χ0v) is 12.1. The number of hydrogen-bond acceptors (Lipinski definition) is 3. The third kappa shape index (κ3) is 4.31. The summed E-state index contributed by atoms with van der Waals surface area (Å²) in [5.41, 5.74) is 2.46. The van der Waals surface area contributed by atoms with E-state index in [1.165, 1.54) is 11.1 Å². The third-order valence-corrected chi connectivity index (χ3v) is 3.02. The van der Waals surface area contributed by atoms with E-state index in [1.807, 2.05) is 13.0 Å². The van der Waals surface area contributed by atoms with Crippen molar-refractivity contribution in [1.82, 2.24) is 5.32 Å². The molecule has 1 aromatic carbocycles. The van der Waals surface area contributed by atoms with E-state index in [4.69, 9.17) is 9.47 Å². The summed E-state index contributed by atoms with van der Waals surface area (Å²) in [5, 5.41) is 3.42. The van der Waals surface area contributed by atoms with Crippen LogP contribution < -0.4 is 10.1 Å². The summed E-state index contributed by atoms with van der Waals surface area (Å²) in [6.07, 6.45) is 0.105. The summed E-state index contributed by atoms with van der Waals surface area (Å²) >= 11 is 0. The van der Waals surface area contributed by atoms with E-state index in [0.29, 0.717) is 12.6 Å². The first kappa shape index (κ1) is 15.0. The molecular formula is C15H25NO2. The number of ether oxygens (including phenoxy) is 2. The van der Waals surface area contributed by atoms with Gasteiger partial charge < -0.3 is 14.8 Å². The molecule has 1 N–H and O–H groups in total. The lowest BCUT2D eigenvalue weighted by Crippen LogP contribution is -2.20. The predicted molar refractivity (Wildman–Crippen MR) is 75.2 cm³/mol. The van der Waals surface area contributed by atoms with Crippen molar-refractivity contribution in [1.29, 1.82) is 0 Å². The highest BCUT2D eigenvalue weighted by Gasteiger charge is 2.12. The molecule has 0 aliphatic carbocycles. The lowest BCUT2D eigenvalue weighted by Gasteiger charge is -2.19. The SMILES string of the molecule is CCNC(C)c1cc(C)ccc1OCC(C)OC. The van der Waals surface area contributed by atoms with E-state index >= 15 is 0 Å². The van der Waals surface area contributed by atoms with Gasteiger partial charge in [-0.2, -0.15) is 0 Å². The Kier molecular flexibility index (Phi) is 6.16. The van der Waals surface area contributed by atoms with E-state index in [-0.39, 0.29) is 6.10 Å². The largest absolute Gasteiger partial charge is 0.491 e. The van der Waals surface area contributed by atoms with Crippen molar-refractivity contribution in [2.24, 2.45) is 0 Å². The summed E-state index contributed by atoms with van der Waals surface area (Å²) in [5.74, 6) is 0.943. The van der Waals surface area contributed by atoms with Gasteiger partial charge in [-0.25, -0.2) is 0 Å². The van der Waals surface area contributed by atoms with Gasteiger partial charge in [0.25, 0.3) is 0 Å². The molecule has 0 saturated heterocycles. The van der Waals surface area contributed by atoms with E-state index in [9.17, 15) is 0 Å². The molecule has 0 aromatic heterocycles. The first-order valence-corrected chi connectivity index (χ1v) is 6.58. The van der Waals surface area contributed by atoms with Gasteiger partial charge in [0, 0.05) is 18.7 Å². The van der Waals surface area contributed by atoms with Crippen molar-refractivity contribution >= 4 is 0 Å². The number of hydrogen-bond donors (Lipinski definition) is 1. The van der Waals surface area contributed by atoms with Gasteiger partial charge in [0.2, 0.25) is 0 Å². The molecule has 0 aliphatic rings. The van der Waals surface area contributed by atoms with Crippen LogP contribution in [0.1, 0.15) is 37.9 Å². The second-order valence-corrected chi connectivity index (χ2v) is 4.68. The summed E-state index contributed by atoms with van der Waals surface area (Å²) in [7, 11) is 1.70. The summed E-state index contributed by atoms with van der Waals surface area (Å²) in [4.78, 5) is 0. The van der Waals surface area contributed by atoms with Crippen molar-refractivity contribution in [3.8, 4) is 5.75 Å². The van der Waals surface area contributed by atoms with Gasteiger partial charge in [-0.05, 0) is 33.4 Å². The van der Waals surface area contributed by atoms with Gasteiger partial charge in [-0.1, -0.05) is 24.6 Å². The Bertz CT molecular complexity index is 366. The quantitative estimate of drug-likeness (QED) is 0.808. The zero-order valence-electron chi connectivity index (χ0n) is 12.1. The van der Waals surface area contributed by atoms with Crippen LogP contribution in [0.25, 0.3) is 0 Å². The summed E-state index contributed by atoms with van der Waals surface area (Å²) in [6.45, 7) is 9.89. The van der Waals surface area contributed by atoms with Crippen LogP contribution in [0.5, 0.6) is 5.75 Å². The fourth-order valence-corrected chi connectivity index (χ4v) is 1.83. The topological polar surface area (TPSA) is 30.5 Å². The maximum absolute atomic E-state index is 5.85. The third-order valence-electron chi connectivity index (χ3n) is 3.02. The standard InChI is InChI=1S/C15H25NO2/c1-6-16-13(4)14-9-11(2)7-8-15(14)18-10-12(3)17-5/h7-9,12-13,16H,6,10H2,1-5H3. The van der Waals surface area contributed by atoms with Crippen molar-refractivity contribution < 1.29 is 9.47 Å². The predicted octanol–water partition coefficient (Wildman–Crippen LogP) is 3.08. The van der Waals surface area contributed by atoms with E-state index < -0.39 is 0 Å². The van der Waals surface area contributed by atoms with Gasteiger partial charge >= 0.3 is 0 Å². The monoisotopic (exact) mass is 251 g/mol. The highest BCUT2D eigenvalue weighted by atomic mass is 16.5. The molecule has 3 heteroatoms. The number of methoxy groups -OCH3 is 1. The lowest BCUT2D eigenvalue weighted by atomic mass is 10.0. The van der Waals surface area contributed by atoms with E-state index in [0.717, 1.165) is 12.3 Å². The molecule has 102 valence electrons. The first-order chi connectivity index (χ1) is 8.58. The van der Waals surface area contributed by atoms with Crippen molar-refractivity contribution in [2.45, 2.75) is 39.8 Å². The zero-order chi connectivity index (χ0) is 13.5. The Balaban J connectivity index is 2.82. The Morgan fingerprint density at radius 3 is 2.61 bits per heavy atom. The smallest absolute Gasteiger partial charge is 0.124 e. The van der Waals surface area contributed by atoms with Crippen LogP contribution in [-0.4, -0.2) is 26.4 Å². The molecule has 1 rings (SSSR count). The van der Waals surface area contributed by atoms with E-state index in [1.54, 1.807) is 7.11 Å². The van der Waals surface area contributed by atoms with Crippen LogP contribution in [0.3, 0.4) is 0 Å². The maximum Gasteiger partial charge on any atom is 0.124 e. The molecule has 0 fully saturated rings. The highest BCUT2D eigenvalue weighted by Crippen LogP contribution is 2.26.